The van der Waals surface area contributed by atoms with Crippen molar-refractivity contribution in [2.24, 2.45) is 10.9 Å². The summed E-state index contributed by atoms with van der Waals surface area (Å²) < 4.78 is 27.2. The predicted octanol–water partition coefficient (Wildman–Crippen LogP) is 1.04. The molecule has 0 aliphatic rings. The van der Waals surface area contributed by atoms with Gasteiger partial charge in [0.05, 0.1) is 5.52 Å². The number of aromatic nitrogens is 2. The van der Waals surface area contributed by atoms with Crippen LogP contribution in [0, 0.1) is 11.6 Å². The van der Waals surface area contributed by atoms with Gasteiger partial charge < -0.3 is 20.8 Å². The maximum atomic E-state index is 13.7. The average Bonchev–Trinajstić information content (AvgIpc) is 2.84. The minimum Gasteiger partial charge on any atom is -0.409 e. The molecule has 0 radical (unpaired) electrons. The number of oxime groups is 1. The van der Waals surface area contributed by atoms with Crippen LogP contribution in [0.15, 0.2) is 11.2 Å². The number of nitrogens with one attached hydrogen (secondary N) is 1. The van der Waals surface area contributed by atoms with E-state index in [4.69, 9.17) is 10.9 Å². The molecular weight excluding hydrogens is 268 g/mol. The van der Waals surface area contributed by atoms with Gasteiger partial charge in [-0.15, -0.1) is 0 Å². The Morgan fingerprint density at radius 3 is 2.80 bits per heavy atom. The summed E-state index contributed by atoms with van der Waals surface area (Å²) in [7, 11) is 3.79. The smallest absolute Gasteiger partial charge is 0.186 e. The van der Waals surface area contributed by atoms with Gasteiger partial charge in [0.15, 0.2) is 17.5 Å². The second kappa shape index (κ2) is 5.41. The fraction of sp³-hybridized carbons (Fsp3) is 0.333. The highest BCUT2D eigenvalue weighted by molar-refractivity contribution is 6.06. The van der Waals surface area contributed by atoms with Crippen LogP contribution >= 0.6 is 0 Å². The molecule has 0 aliphatic heterocycles. The summed E-state index contributed by atoms with van der Waals surface area (Å²) in [4.78, 5) is 8.86. The minimum absolute atomic E-state index is 0.0741. The monoisotopic (exact) mass is 283 g/mol. The standard InChI is InChI=1S/C12H15F2N5O/c1-19(2)4-3-8-16-10-6(12(15)18-20)5-7(13)9(14)11(10)17-8/h5,20H,3-4H2,1-2H3,(H2,15,18)(H,16,17). The van der Waals surface area contributed by atoms with Gasteiger partial charge in [-0.2, -0.15) is 0 Å². The van der Waals surface area contributed by atoms with Crippen LogP contribution in [0.1, 0.15) is 11.4 Å². The van der Waals surface area contributed by atoms with E-state index in [9.17, 15) is 8.78 Å². The van der Waals surface area contributed by atoms with Crippen molar-refractivity contribution in [3.63, 3.8) is 0 Å². The zero-order chi connectivity index (χ0) is 14.9. The Kier molecular flexibility index (Phi) is 3.84. The molecule has 0 atom stereocenters. The van der Waals surface area contributed by atoms with E-state index >= 15 is 0 Å². The Balaban J connectivity index is 2.56. The Bertz CT molecular complexity index is 665. The summed E-state index contributed by atoms with van der Waals surface area (Å²) >= 11 is 0. The average molecular weight is 283 g/mol. The molecule has 0 fully saturated rings. The number of amidine groups is 1. The molecule has 1 aromatic heterocycles. The van der Waals surface area contributed by atoms with Gasteiger partial charge in [0.2, 0.25) is 0 Å². The summed E-state index contributed by atoms with van der Waals surface area (Å²) in [5, 5.41) is 11.5. The fourth-order valence-electron chi connectivity index (χ4n) is 1.86. The highest BCUT2D eigenvalue weighted by Gasteiger charge is 2.18. The van der Waals surface area contributed by atoms with Crippen LogP contribution in [-0.2, 0) is 6.42 Å². The van der Waals surface area contributed by atoms with Crippen LogP contribution in [0.25, 0.3) is 11.0 Å². The molecule has 0 saturated carbocycles. The molecule has 108 valence electrons. The lowest BCUT2D eigenvalue weighted by Gasteiger charge is -2.06. The molecule has 0 spiro atoms. The van der Waals surface area contributed by atoms with Gasteiger partial charge in [-0.3, -0.25) is 0 Å². The highest BCUT2D eigenvalue weighted by Crippen LogP contribution is 2.23. The number of rotatable bonds is 4. The zero-order valence-electron chi connectivity index (χ0n) is 11.1. The number of likely N-dealkylation sites (N-methyl/N-ethyl adjacent to an activating group) is 1. The SMILES string of the molecule is CN(C)CCc1nc2c(F)c(F)cc(/C(N)=N/O)c2[nH]1. The highest BCUT2D eigenvalue weighted by atomic mass is 19.2. The number of halogens is 2. The van der Waals surface area contributed by atoms with E-state index in [2.05, 4.69) is 15.1 Å². The van der Waals surface area contributed by atoms with Crippen LogP contribution < -0.4 is 5.73 Å². The van der Waals surface area contributed by atoms with Gasteiger partial charge in [0.25, 0.3) is 0 Å². The molecule has 2 aromatic rings. The van der Waals surface area contributed by atoms with E-state index in [0.717, 1.165) is 6.07 Å². The van der Waals surface area contributed by atoms with E-state index in [1.807, 2.05) is 19.0 Å². The first-order valence-electron chi connectivity index (χ1n) is 5.93. The second-order valence-corrected chi connectivity index (χ2v) is 4.67. The van der Waals surface area contributed by atoms with E-state index in [1.54, 1.807) is 0 Å². The molecule has 8 heteroatoms. The Morgan fingerprint density at radius 1 is 1.50 bits per heavy atom. The normalized spacial score (nSPS) is 12.6. The fourth-order valence-corrected chi connectivity index (χ4v) is 1.86. The summed E-state index contributed by atoms with van der Waals surface area (Å²) in [6.45, 7) is 0.697. The molecule has 1 heterocycles. The molecule has 4 N–H and O–H groups in total. The van der Waals surface area contributed by atoms with Crippen molar-refractivity contribution in [1.29, 1.82) is 0 Å². The van der Waals surface area contributed by atoms with Gasteiger partial charge in [0.1, 0.15) is 11.3 Å². The van der Waals surface area contributed by atoms with Gasteiger partial charge >= 0.3 is 0 Å². The van der Waals surface area contributed by atoms with Crippen molar-refractivity contribution >= 4 is 16.9 Å². The van der Waals surface area contributed by atoms with Crippen molar-refractivity contribution in [3.8, 4) is 0 Å². The zero-order valence-corrected chi connectivity index (χ0v) is 11.1. The van der Waals surface area contributed by atoms with Crippen molar-refractivity contribution in [1.82, 2.24) is 14.9 Å². The van der Waals surface area contributed by atoms with Gasteiger partial charge in [0, 0.05) is 18.5 Å². The Morgan fingerprint density at radius 2 is 2.20 bits per heavy atom. The lowest BCUT2D eigenvalue weighted by atomic mass is 10.1. The third-order valence-corrected chi connectivity index (χ3v) is 2.89. The molecule has 0 bridgehead atoms. The van der Waals surface area contributed by atoms with Crippen molar-refractivity contribution in [2.75, 3.05) is 20.6 Å². The first-order valence-corrected chi connectivity index (χ1v) is 5.93. The van der Waals surface area contributed by atoms with Crippen molar-refractivity contribution in [2.45, 2.75) is 6.42 Å². The number of nitrogens with two attached hydrogens (primary N) is 1. The second-order valence-electron chi connectivity index (χ2n) is 4.67. The van der Waals surface area contributed by atoms with E-state index in [1.165, 1.54) is 0 Å². The topological polar surface area (TPSA) is 90.5 Å². The van der Waals surface area contributed by atoms with Crippen LogP contribution in [0.3, 0.4) is 0 Å². The molecule has 6 nitrogen and oxygen atoms in total. The number of benzene rings is 1. The van der Waals surface area contributed by atoms with Crippen LogP contribution in [0.5, 0.6) is 0 Å². The molecule has 0 amide bonds. The number of H-pyrrole nitrogens is 1. The molecule has 2 rings (SSSR count). The summed E-state index contributed by atoms with van der Waals surface area (Å²) in [5.41, 5.74) is 5.60. The van der Waals surface area contributed by atoms with Crippen molar-refractivity contribution < 1.29 is 14.0 Å². The number of nitrogens with zero attached hydrogens (tertiary/aromatic N) is 3. The summed E-state index contributed by atoms with van der Waals surface area (Å²) in [5.74, 6) is -1.95. The maximum Gasteiger partial charge on any atom is 0.186 e. The minimum atomic E-state index is -1.09. The lowest BCUT2D eigenvalue weighted by Crippen LogP contribution is -2.15. The van der Waals surface area contributed by atoms with Crippen molar-refractivity contribution in [3.05, 3.63) is 29.1 Å². The molecule has 0 aliphatic carbocycles. The Labute approximate surface area is 113 Å². The number of aromatic amines is 1. The van der Waals surface area contributed by atoms with Gasteiger partial charge in [-0.1, -0.05) is 5.16 Å². The van der Waals surface area contributed by atoms with E-state index in [0.29, 0.717) is 18.8 Å². The summed E-state index contributed by atoms with van der Waals surface area (Å²) in [6.07, 6.45) is 0.540. The molecular formula is C12H15F2N5O. The molecule has 0 saturated heterocycles. The van der Waals surface area contributed by atoms with Crippen LogP contribution in [0.4, 0.5) is 8.78 Å². The van der Waals surface area contributed by atoms with E-state index in [-0.39, 0.29) is 22.4 Å². The third kappa shape index (κ3) is 2.55. The van der Waals surface area contributed by atoms with Crippen LogP contribution in [-0.4, -0.2) is 46.6 Å². The largest absolute Gasteiger partial charge is 0.409 e. The maximum absolute atomic E-state index is 13.7. The molecule has 20 heavy (non-hydrogen) atoms. The third-order valence-electron chi connectivity index (χ3n) is 2.89. The number of fused-ring (bicyclic) bond motifs is 1. The summed E-state index contributed by atoms with van der Waals surface area (Å²) in [6, 6.07) is 0.876. The first kappa shape index (κ1) is 14.2. The molecule has 1 aromatic carbocycles. The number of hydrogen-bond donors (Lipinski definition) is 3. The predicted molar refractivity (Wildman–Crippen MR) is 70.8 cm³/mol. The number of hydrogen-bond acceptors (Lipinski definition) is 4. The quantitative estimate of drug-likeness (QED) is 0.338. The lowest BCUT2D eigenvalue weighted by molar-refractivity contribution is 0.318. The van der Waals surface area contributed by atoms with Gasteiger partial charge in [-0.25, -0.2) is 13.8 Å². The van der Waals surface area contributed by atoms with Gasteiger partial charge in [-0.05, 0) is 20.2 Å². The van der Waals surface area contributed by atoms with Crippen LogP contribution in [0.2, 0.25) is 0 Å². The molecule has 0 unspecified atom stereocenters. The Hall–Kier alpha value is -2.22. The first-order chi connectivity index (χ1) is 9.43. The van der Waals surface area contributed by atoms with E-state index < -0.39 is 11.6 Å². The number of imidazole rings is 1.